The highest BCUT2D eigenvalue weighted by Gasteiger charge is 2.22. The van der Waals surface area contributed by atoms with E-state index in [1.807, 2.05) is 0 Å². The lowest BCUT2D eigenvalue weighted by atomic mass is 9.97. The van der Waals surface area contributed by atoms with E-state index in [-0.39, 0.29) is 17.2 Å². The molecule has 0 bridgehead atoms. The van der Waals surface area contributed by atoms with Crippen molar-refractivity contribution in [2.24, 2.45) is 0 Å². The minimum absolute atomic E-state index is 0.112. The predicted octanol–water partition coefficient (Wildman–Crippen LogP) is 3.86. The molecule has 0 fully saturated rings. The van der Waals surface area contributed by atoms with Gasteiger partial charge in [0.15, 0.2) is 5.78 Å². The van der Waals surface area contributed by atoms with Gasteiger partial charge in [0.25, 0.3) is 0 Å². The number of rotatable bonds is 2. The van der Waals surface area contributed by atoms with Crippen LogP contribution in [0.5, 0.6) is 0 Å². The van der Waals surface area contributed by atoms with Crippen LogP contribution in [-0.2, 0) is 0 Å². The average molecular weight is 343 g/mol. The number of pyridine rings is 1. The number of aromatic nitrogens is 1. The zero-order valence-corrected chi connectivity index (χ0v) is 13.6. The van der Waals surface area contributed by atoms with Crippen LogP contribution >= 0.6 is 22.9 Å². The summed E-state index contributed by atoms with van der Waals surface area (Å²) in [7, 11) is 0. The molecule has 0 unspecified atom stereocenters. The first-order valence-corrected chi connectivity index (χ1v) is 7.82. The molecule has 0 aliphatic carbocycles. The van der Waals surface area contributed by atoms with Crippen molar-refractivity contribution in [2.75, 3.05) is 11.5 Å². The van der Waals surface area contributed by atoms with Gasteiger partial charge in [0.05, 0.1) is 10.6 Å². The third-order valence-corrected chi connectivity index (χ3v) is 4.92. The van der Waals surface area contributed by atoms with E-state index in [4.69, 9.17) is 23.1 Å². The fourth-order valence-electron chi connectivity index (χ4n) is 2.45. The number of carbonyl (C=O) groups excluding carboxylic acids is 1. The van der Waals surface area contributed by atoms with Crippen molar-refractivity contribution >= 4 is 50.4 Å². The number of ketones is 1. The topological polar surface area (TPSA) is 106 Å². The first-order chi connectivity index (χ1) is 10.9. The molecule has 2 heterocycles. The highest BCUT2D eigenvalue weighted by Crippen LogP contribution is 2.42. The van der Waals surface area contributed by atoms with Gasteiger partial charge in [0.2, 0.25) is 0 Å². The van der Waals surface area contributed by atoms with Gasteiger partial charge in [-0.25, -0.2) is 4.98 Å². The van der Waals surface area contributed by atoms with E-state index >= 15 is 0 Å². The van der Waals surface area contributed by atoms with Crippen LogP contribution in [0.1, 0.15) is 22.2 Å². The van der Waals surface area contributed by atoms with E-state index in [0.717, 1.165) is 5.56 Å². The predicted molar refractivity (Wildman–Crippen MR) is 93.6 cm³/mol. The SMILES string of the molecule is CC(=O)c1sc2nc(N)c(C#N)c(-c3ccc(Cl)cc3)c2c1N. The Morgan fingerprint density at radius 3 is 2.52 bits per heavy atom. The van der Waals surface area contributed by atoms with E-state index in [0.29, 0.717) is 31.4 Å². The lowest BCUT2D eigenvalue weighted by molar-refractivity contribution is 0.102. The van der Waals surface area contributed by atoms with E-state index < -0.39 is 0 Å². The van der Waals surface area contributed by atoms with Gasteiger partial charge in [-0.1, -0.05) is 23.7 Å². The molecule has 4 N–H and O–H groups in total. The number of benzene rings is 1. The molecule has 114 valence electrons. The van der Waals surface area contributed by atoms with Gasteiger partial charge in [0.1, 0.15) is 22.3 Å². The Morgan fingerprint density at radius 1 is 1.30 bits per heavy atom. The van der Waals surface area contributed by atoms with Gasteiger partial charge in [-0.3, -0.25) is 4.79 Å². The summed E-state index contributed by atoms with van der Waals surface area (Å²) in [5, 5.41) is 10.6. The van der Waals surface area contributed by atoms with Crippen LogP contribution < -0.4 is 11.5 Å². The monoisotopic (exact) mass is 342 g/mol. The van der Waals surface area contributed by atoms with Gasteiger partial charge >= 0.3 is 0 Å². The average Bonchev–Trinajstić information content (AvgIpc) is 2.83. The van der Waals surface area contributed by atoms with Crippen molar-refractivity contribution in [1.29, 1.82) is 5.26 Å². The van der Waals surface area contributed by atoms with Crippen LogP contribution in [0.15, 0.2) is 24.3 Å². The van der Waals surface area contributed by atoms with Gasteiger partial charge in [-0.15, -0.1) is 11.3 Å². The molecule has 2 aromatic heterocycles. The van der Waals surface area contributed by atoms with Crippen LogP contribution in [0.3, 0.4) is 0 Å². The fraction of sp³-hybridized carbons (Fsp3) is 0.0625. The van der Waals surface area contributed by atoms with Crippen molar-refractivity contribution < 1.29 is 4.79 Å². The minimum Gasteiger partial charge on any atom is -0.397 e. The summed E-state index contributed by atoms with van der Waals surface area (Å²) < 4.78 is 0. The number of nitrogen functional groups attached to an aromatic ring is 2. The minimum atomic E-state index is -0.148. The molecule has 0 saturated carbocycles. The molecule has 1 aromatic carbocycles. The molecule has 0 radical (unpaired) electrons. The van der Waals surface area contributed by atoms with Gasteiger partial charge in [-0.2, -0.15) is 5.26 Å². The Kier molecular flexibility index (Phi) is 3.68. The number of nitrogens with zero attached hydrogens (tertiary/aromatic N) is 2. The molecule has 0 amide bonds. The summed E-state index contributed by atoms with van der Waals surface area (Å²) in [6.45, 7) is 1.44. The van der Waals surface area contributed by atoms with E-state index in [1.165, 1.54) is 18.3 Å². The number of hydrogen-bond acceptors (Lipinski definition) is 6. The van der Waals surface area contributed by atoms with Gasteiger partial charge in [-0.05, 0) is 17.7 Å². The molecule has 7 heteroatoms. The van der Waals surface area contributed by atoms with Crippen molar-refractivity contribution in [2.45, 2.75) is 6.92 Å². The first kappa shape index (κ1) is 15.3. The number of anilines is 2. The van der Waals surface area contributed by atoms with E-state index in [1.54, 1.807) is 24.3 Å². The third-order valence-electron chi connectivity index (χ3n) is 3.47. The maximum Gasteiger partial charge on any atom is 0.171 e. The number of nitrogens with two attached hydrogens (primary N) is 2. The number of carbonyl (C=O) groups is 1. The lowest BCUT2D eigenvalue weighted by Crippen LogP contribution is -1.99. The molecule has 0 saturated heterocycles. The Morgan fingerprint density at radius 2 is 1.96 bits per heavy atom. The number of hydrogen-bond donors (Lipinski definition) is 2. The summed E-state index contributed by atoms with van der Waals surface area (Å²) in [4.78, 5) is 16.9. The van der Waals surface area contributed by atoms with Crippen molar-refractivity contribution in [3.05, 3.63) is 39.7 Å². The molecule has 3 aromatic rings. The molecular weight excluding hydrogens is 332 g/mol. The molecule has 0 spiro atoms. The smallest absolute Gasteiger partial charge is 0.171 e. The normalized spacial score (nSPS) is 10.7. The number of nitriles is 1. The summed E-state index contributed by atoms with van der Waals surface area (Å²) in [5.74, 6) is -0.0362. The van der Waals surface area contributed by atoms with E-state index in [2.05, 4.69) is 11.1 Å². The highest BCUT2D eigenvalue weighted by atomic mass is 35.5. The Labute approximate surface area is 141 Å². The lowest BCUT2D eigenvalue weighted by Gasteiger charge is -2.09. The summed E-state index contributed by atoms with van der Waals surface area (Å²) >= 11 is 7.11. The molecule has 0 aliphatic heterocycles. The molecule has 5 nitrogen and oxygen atoms in total. The highest BCUT2D eigenvalue weighted by molar-refractivity contribution is 7.21. The van der Waals surface area contributed by atoms with Crippen LogP contribution in [0.4, 0.5) is 11.5 Å². The van der Waals surface area contributed by atoms with E-state index in [9.17, 15) is 10.1 Å². The summed E-state index contributed by atoms with van der Waals surface area (Å²) in [6, 6.07) is 9.07. The number of halogens is 1. The van der Waals surface area contributed by atoms with Crippen molar-refractivity contribution in [3.63, 3.8) is 0 Å². The summed E-state index contributed by atoms with van der Waals surface area (Å²) in [6.07, 6.45) is 0. The van der Waals surface area contributed by atoms with Crippen molar-refractivity contribution in [3.8, 4) is 17.2 Å². The fourth-order valence-corrected chi connectivity index (χ4v) is 3.58. The zero-order valence-electron chi connectivity index (χ0n) is 12.1. The van der Waals surface area contributed by atoms with Crippen molar-refractivity contribution in [1.82, 2.24) is 4.98 Å². The molecule has 0 aliphatic rings. The first-order valence-electron chi connectivity index (χ1n) is 6.62. The molecule has 23 heavy (non-hydrogen) atoms. The number of thiophene rings is 1. The van der Waals surface area contributed by atoms with Gasteiger partial charge < -0.3 is 11.5 Å². The molecule has 0 atom stereocenters. The Bertz CT molecular complexity index is 986. The van der Waals surface area contributed by atoms with Crippen LogP contribution in [0.25, 0.3) is 21.3 Å². The molecule has 3 rings (SSSR count). The number of Topliss-reactive ketones (excluding diaryl/α,β-unsaturated/α-hetero) is 1. The Balaban J connectivity index is 2.48. The maximum absolute atomic E-state index is 11.8. The second-order valence-corrected chi connectivity index (χ2v) is 6.38. The van der Waals surface area contributed by atoms with Gasteiger partial charge in [0, 0.05) is 22.9 Å². The van der Waals surface area contributed by atoms with Crippen LogP contribution in [-0.4, -0.2) is 10.8 Å². The maximum atomic E-state index is 11.8. The quantitative estimate of drug-likeness (QED) is 0.688. The summed E-state index contributed by atoms with van der Waals surface area (Å²) in [5.41, 5.74) is 14.0. The Hall–Kier alpha value is -2.62. The largest absolute Gasteiger partial charge is 0.397 e. The second kappa shape index (κ2) is 5.54. The number of fused-ring (bicyclic) bond motifs is 1. The van der Waals surface area contributed by atoms with Crippen LogP contribution in [0.2, 0.25) is 5.02 Å². The standard InChI is InChI=1S/C16H11ClN4OS/c1-7(22)14-13(19)12-11(8-2-4-9(17)5-3-8)10(6-18)15(20)21-16(12)23-14/h2-5H,19H2,1H3,(H2,20,21). The van der Waals surface area contributed by atoms with Crippen LogP contribution in [0, 0.1) is 11.3 Å². The second-order valence-electron chi connectivity index (χ2n) is 4.95. The third kappa shape index (κ3) is 2.40. The molecular formula is C16H11ClN4OS. The zero-order chi connectivity index (χ0) is 16.7.